The molecular formula is C22H28N4O3S. The summed E-state index contributed by atoms with van der Waals surface area (Å²) in [5.41, 5.74) is 3.16. The Morgan fingerprint density at radius 1 is 1.37 bits per heavy atom. The molecule has 0 saturated carbocycles. The van der Waals surface area contributed by atoms with Gasteiger partial charge in [0.1, 0.15) is 10.9 Å². The van der Waals surface area contributed by atoms with Gasteiger partial charge in [-0.15, -0.1) is 11.3 Å². The SMILES string of the molecule is CCN(c1sc(C#N)c(C(=O)NCc2c(C)cc(C)[nH]c2=O)c1C)C1CCOCC1. The molecule has 2 N–H and O–H groups in total. The Morgan fingerprint density at radius 3 is 2.67 bits per heavy atom. The predicted octanol–water partition coefficient (Wildman–Crippen LogP) is 3.17. The van der Waals surface area contributed by atoms with Crippen molar-refractivity contribution < 1.29 is 9.53 Å². The molecule has 1 fully saturated rings. The maximum atomic E-state index is 13.0. The lowest BCUT2D eigenvalue weighted by Gasteiger charge is -2.34. The fraction of sp³-hybridized carbons (Fsp3) is 0.500. The Balaban J connectivity index is 1.86. The maximum absolute atomic E-state index is 13.0. The van der Waals surface area contributed by atoms with Gasteiger partial charge >= 0.3 is 0 Å². The number of pyridine rings is 1. The van der Waals surface area contributed by atoms with E-state index in [0.717, 1.165) is 54.4 Å². The highest BCUT2D eigenvalue weighted by Crippen LogP contribution is 2.37. The third-order valence-electron chi connectivity index (χ3n) is 5.60. The van der Waals surface area contributed by atoms with Gasteiger partial charge < -0.3 is 19.9 Å². The first kappa shape index (κ1) is 22.1. The molecule has 8 heteroatoms. The fourth-order valence-corrected chi connectivity index (χ4v) is 5.29. The van der Waals surface area contributed by atoms with Crippen LogP contribution in [0.25, 0.3) is 0 Å². The Hall–Kier alpha value is -2.63. The van der Waals surface area contributed by atoms with Crippen molar-refractivity contribution in [2.24, 2.45) is 0 Å². The number of thiophene rings is 1. The van der Waals surface area contributed by atoms with Gasteiger partial charge in [-0.1, -0.05) is 0 Å². The first-order valence-electron chi connectivity index (χ1n) is 10.2. The molecule has 0 aliphatic carbocycles. The molecular weight excluding hydrogens is 400 g/mol. The third kappa shape index (κ3) is 4.42. The van der Waals surface area contributed by atoms with E-state index in [-0.39, 0.29) is 18.0 Å². The number of aryl methyl sites for hydroxylation is 2. The number of anilines is 1. The predicted molar refractivity (Wildman–Crippen MR) is 118 cm³/mol. The summed E-state index contributed by atoms with van der Waals surface area (Å²) < 4.78 is 5.48. The molecule has 0 unspecified atom stereocenters. The maximum Gasteiger partial charge on any atom is 0.254 e. The van der Waals surface area contributed by atoms with Crippen molar-refractivity contribution in [1.82, 2.24) is 10.3 Å². The van der Waals surface area contributed by atoms with E-state index in [1.807, 2.05) is 26.8 Å². The van der Waals surface area contributed by atoms with E-state index < -0.39 is 0 Å². The normalized spacial score (nSPS) is 14.4. The van der Waals surface area contributed by atoms with Gasteiger partial charge in [0.15, 0.2) is 0 Å². The molecule has 0 atom stereocenters. The van der Waals surface area contributed by atoms with Crippen LogP contribution >= 0.6 is 11.3 Å². The second kappa shape index (κ2) is 9.45. The molecule has 1 amide bonds. The number of nitriles is 1. The zero-order valence-electron chi connectivity index (χ0n) is 17.9. The van der Waals surface area contributed by atoms with Gasteiger partial charge in [-0.2, -0.15) is 5.26 Å². The lowest BCUT2D eigenvalue weighted by Crippen LogP contribution is -2.39. The van der Waals surface area contributed by atoms with E-state index >= 15 is 0 Å². The first-order valence-corrected chi connectivity index (χ1v) is 11.0. The number of ether oxygens (including phenoxy) is 1. The van der Waals surface area contributed by atoms with Crippen LogP contribution in [-0.2, 0) is 11.3 Å². The minimum atomic E-state index is -0.325. The van der Waals surface area contributed by atoms with Crippen molar-refractivity contribution >= 4 is 22.2 Å². The van der Waals surface area contributed by atoms with Crippen LogP contribution in [0.1, 0.15) is 57.4 Å². The average molecular weight is 429 g/mol. The van der Waals surface area contributed by atoms with Crippen molar-refractivity contribution in [2.45, 2.75) is 53.1 Å². The Labute approximate surface area is 180 Å². The number of carbonyl (C=O) groups excluding carboxylic acids is 1. The number of carbonyl (C=O) groups is 1. The molecule has 2 aromatic rings. The van der Waals surface area contributed by atoms with Gasteiger partial charge in [0, 0.05) is 43.6 Å². The summed E-state index contributed by atoms with van der Waals surface area (Å²) >= 11 is 1.37. The standard InChI is InChI=1S/C22H28N4O3S/c1-5-26(16-6-8-29-9-7-16)22-15(4)19(18(11-23)30-22)21(28)24-12-17-13(2)10-14(3)25-20(17)27/h10,16H,5-9,12H2,1-4H3,(H,24,28)(H,25,27). The minimum Gasteiger partial charge on any atom is -0.381 e. The van der Waals surface area contributed by atoms with Crippen molar-refractivity contribution in [2.75, 3.05) is 24.7 Å². The second-order valence-electron chi connectivity index (χ2n) is 7.60. The molecule has 1 aliphatic heterocycles. The van der Waals surface area contributed by atoms with Gasteiger partial charge in [0.25, 0.3) is 11.5 Å². The first-order chi connectivity index (χ1) is 14.4. The summed E-state index contributed by atoms with van der Waals surface area (Å²) in [6, 6.07) is 4.41. The van der Waals surface area contributed by atoms with Crippen LogP contribution < -0.4 is 15.8 Å². The van der Waals surface area contributed by atoms with Crippen molar-refractivity contribution in [3.63, 3.8) is 0 Å². The van der Waals surface area contributed by atoms with Crippen molar-refractivity contribution in [3.05, 3.63) is 49.2 Å². The number of nitrogens with one attached hydrogen (secondary N) is 2. The molecule has 7 nitrogen and oxygen atoms in total. The van der Waals surface area contributed by atoms with Crippen LogP contribution in [0.5, 0.6) is 0 Å². The van der Waals surface area contributed by atoms with Gasteiger partial charge in [0.2, 0.25) is 0 Å². The van der Waals surface area contributed by atoms with Crippen LogP contribution in [0.4, 0.5) is 5.00 Å². The van der Waals surface area contributed by atoms with E-state index in [1.165, 1.54) is 11.3 Å². The number of rotatable bonds is 6. The lowest BCUT2D eigenvalue weighted by atomic mass is 10.1. The summed E-state index contributed by atoms with van der Waals surface area (Å²) in [6.07, 6.45) is 1.87. The lowest BCUT2D eigenvalue weighted by molar-refractivity contribution is 0.0847. The topological polar surface area (TPSA) is 98.2 Å². The smallest absolute Gasteiger partial charge is 0.254 e. The van der Waals surface area contributed by atoms with Crippen LogP contribution in [0, 0.1) is 32.1 Å². The second-order valence-corrected chi connectivity index (χ2v) is 8.60. The van der Waals surface area contributed by atoms with Crippen molar-refractivity contribution in [3.8, 4) is 6.07 Å². The average Bonchev–Trinajstić information content (AvgIpc) is 3.05. The fourth-order valence-electron chi connectivity index (χ4n) is 4.05. The van der Waals surface area contributed by atoms with Crippen molar-refractivity contribution in [1.29, 1.82) is 5.26 Å². The van der Waals surface area contributed by atoms with E-state index in [2.05, 4.69) is 28.2 Å². The summed E-state index contributed by atoms with van der Waals surface area (Å²) in [5.74, 6) is -0.325. The van der Waals surface area contributed by atoms with Gasteiger partial charge in [0.05, 0.1) is 10.6 Å². The largest absolute Gasteiger partial charge is 0.381 e. The summed E-state index contributed by atoms with van der Waals surface area (Å²) in [5, 5.41) is 13.5. The molecule has 30 heavy (non-hydrogen) atoms. The number of aromatic nitrogens is 1. The molecule has 3 heterocycles. The highest BCUT2D eigenvalue weighted by Gasteiger charge is 2.28. The third-order valence-corrected chi connectivity index (χ3v) is 6.84. The number of hydrogen-bond donors (Lipinski definition) is 2. The molecule has 0 bridgehead atoms. The van der Waals surface area contributed by atoms with E-state index in [1.54, 1.807) is 0 Å². The molecule has 0 spiro atoms. The van der Waals surface area contributed by atoms with Crippen LogP contribution in [0.3, 0.4) is 0 Å². The van der Waals surface area contributed by atoms with Gasteiger partial charge in [-0.25, -0.2) is 0 Å². The zero-order valence-corrected chi connectivity index (χ0v) is 18.7. The number of amides is 1. The number of H-pyrrole nitrogens is 1. The van der Waals surface area contributed by atoms with E-state index in [4.69, 9.17) is 4.74 Å². The number of hydrogen-bond acceptors (Lipinski definition) is 6. The van der Waals surface area contributed by atoms with Crippen LogP contribution in [0.15, 0.2) is 10.9 Å². The summed E-state index contributed by atoms with van der Waals surface area (Å²) in [6.45, 7) is 10.0. The monoisotopic (exact) mass is 428 g/mol. The number of nitrogens with zero attached hydrogens (tertiary/aromatic N) is 2. The molecule has 160 valence electrons. The molecule has 1 saturated heterocycles. The van der Waals surface area contributed by atoms with E-state index in [0.29, 0.717) is 22.0 Å². The van der Waals surface area contributed by atoms with E-state index in [9.17, 15) is 14.9 Å². The Bertz CT molecular complexity index is 1030. The van der Waals surface area contributed by atoms with Gasteiger partial charge in [-0.3, -0.25) is 9.59 Å². The summed E-state index contributed by atoms with van der Waals surface area (Å²) in [7, 11) is 0. The quantitative estimate of drug-likeness (QED) is 0.736. The Kier molecular flexibility index (Phi) is 6.95. The van der Waals surface area contributed by atoms with Crippen LogP contribution in [0.2, 0.25) is 0 Å². The van der Waals surface area contributed by atoms with Crippen LogP contribution in [-0.4, -0.2) is 36.7 Å². The minimum absolute atomic E-state index is 0.118. The molecule has 3 rings (SSSR count). The highest BCUT2D eigenvalue weighted by molar-refractivity contribution is 7.17. The molecule has 2 aromatic heterocycles. The molecule has 0 aromatic carbocycles. The Morgan fingerprint density at radius 2 is 2.07 bits per heavy atom. The zero-order chi connectivity index (χ0) is 21.8. The molecule has 0 radical (unpaired) electrons. The highest BCUT2D eigenvalue weighted by atomic mass is 32.1. The summed E-state index contributed by atoms with van der Waals surface area (Å²) in [4.78, 5) is 30.7. The molecule has 1 aliphatic rings. The number of aromatic amines is 1. The van der Waals surface area contributed by atoms with Gasteiger partial charge in [-0.05, 0) is 57.7 Å².